The van der Waals surface area contributed by atoms with Crippen molar-refractivity contribution in [2.45, 2.75) is 26.7 Å². The van der Waals surface area contributed by atoms with Crippen molar-refractivity contribution in [3.63, 3.8) is 0 Å². The molecule has 0 fully saturated rings. The maximum Gasteiger partial charge on any atom is 0.198 e. The van der Waals surface area contributed by atoms with E-state index in [0.29, 0.717) is 11.2 Å². The van der Waals surface area contributed by atoms with Gasteiger partial charge in [-0.3, -0.25) is 4.79 Å². The zero-order valence-corrected chi connectivity index (χ0v) is 19.2. The lowest BCUT2D eigenvalue weighted by atomic mass is 10.00. The van der Waals surface area contributed by atoms with Crippen LogP contribution in [0.1, 0.15) is 40.4 Å². The van der Waals surface area contributed by atoms with Gasteiger partial charge in [0.05, 0.1) is 11.3 Å². The summed E-state index contributed by atoms with van der Waals surface area (Å²) in [5.41, 5.74) is 6.14. The number of benzene rings is 3. The minimum absolute atomic E-state index is 0.0394. The van der Waals surface area contributed by atoms with Crippen LogP contribution >= 0.6 is 0 Å². The number of fused-ring (bicyclic) bond motifs is 1. The van der Waals surface area contributed by atoms with Gasteiger partial charge in [0, 0.05) is 22.7 Å². The molecule has 0 saturated heterocycles. The van der Waals surface area contributed by atoms with Crippen molar-refractivity contribution >= 4 is 16.8 Å². The molecule has 5 rings (SSSR count). The standard InChI is InChI=1S/C29H25N3O2/c1-3-7-20-11-13-21(14-12-20)27-25-17-22(28(34)24-16-19(2)10-15-26(24)33)18-30-29(25)32(31-27)23-8-5-4-6-9-23/h4-6,8-18,33H,3,7H2,1-2H3. The van der Waals surface area contributed by atoms with Gasteiger partial charge in [-0.2, -0.15) is 5.10 Å². The van der Waals surface area contributed by atoms with E-state index >= 15 is 0 Å². The third-order valence-electron chi connectivity index (χ3n) is 5.95. The van der Waals surface area contributed by atoms with Crippen LogP contribution in [0.3, 0.4) is 0 Å². The van der Waals surface area contributed by atoms with Crippen LogP contribution in [-0.4, -0.2) is 25.7 Å². The first-order valence-electron chi connectivity index (χ1n) is 11.4. The number of phenolic OH excluding ortho intramolecular Hbond substituents is 1. The molecule has 0 radical (unpaired) electrons. The first-order chi connectivity index (χ1) is 16.5. The number of hydrogen-bond acceptors (Lipinski definition) is 4. The van der Waals surface area contributed by atoms with Gasteiger partial charge >= 0.3 is 0 Å². The molecule has 0 aliphatic heterocycles. The van der Waals surface area contributed by atoms with Crippen LogP contribution in [0.15, 0.2) is 85.1 Å². The van der Waals surface area contributed by atoms with Gasteiger partial charge in [-0.05, 0) is 49.2 Å². The highest BCUT2D eigenvalue weighted by molar-refractivity contribution is 6.12. The highest BCUT2D eigenvalue weighted by atomic mass is 16.3. The highest BCUT2D eigenvalue weighted by Crippen LogP contribution is 2.31. The maximum absolute atomic E-state index is 13.3. The number of pyridine rings is 1. The predicted octanol–water partition coefficient (Wildman–Crippen LogP) is 6.29. The number of aromatic hydroxyl groups is 1. The third kappa shape index (κ3) is 3.97. The molecule has 0 unspecified atom stereocenters. The van der Waals surface area contributed by atoms with E-state index in [1.54, 1.807) is 24.4 Å². The van der Waals surface area contributed by atoms with Crippen molar-refractivity contribution in [2.24, 2.45) is 0 Å². The second-order valence-electron chi connectivity index (χ2n) is 8.49. The summed E-state index contributed by atoms with van der Waals surface area (Å²) in [6, 6.07) is 25.1. The molecule has 1 N–H and O–H groups in total. The van der Waals surface area contributed by atoms with Gasteiger partial charge in [-0.25, -0.2) is 9.67 Å². The molecule has 2 aromatic heterocycles. The Hall–Kier alpha value is -4.25. The van der Waals surface area contributed by atoms with Gasteiger partial charge < -0.3 is 5.11 Å². The molecule has 0 amide bonds. The Balaban J connectivity index is 1.68. The summed E-state index contributed by atoms with van der Waals surface area (Å²) < 4.78 is 1.81. The fourth-order valence-corrected chi connectivity index (χ4v) is 4.19. The number of hydrogen-bond donors (Lipinski definition) is 1. The monoisotopic (exact) mass is 447 g/mol. The van der Waals surface area contributed by atoms with Crippen LogP contribution in [0, 0.1) is 6.92 Å². The maximum atomic E-state index is 13.3. The first-order valence-corrected chi connectivity index (χ1v) is 11.4. The number of carbonyl (C=O) groups is 1. The number of nitrogens with zero attached hydrogens (tertiary/aromatic N) is 3. The van der Waals surface area contributed by atoms with Crippen LogP contribution in [0.5, 0.6) is 5.75 Å². The number of aryl methyl sites for hydroxylation is 2. The molecule has 2 heterocycles. The van der Waals surface area contributed by atoms with Crippen LogP contribution in [0.25, 0.3) is 28.0 Å². The number of aromatic nitrogens is 3. The van der Waals surface area contributed by atoms with Crippen molar-refractivity contribution in [1.82, 2.24) is 14.8 Å². The fourth-order valence-electron chi connectivity index (χ4n) is 4.19. The largest absolute Gasteiger partial charge is 0.507 e. The lowest BCUT2D eigenvalue weighted by molar-refractivity contribution is 0.103. The van der Waals surface area contributed by atoms with Crippen LogP contribution in [-0.2, 0) is 6.42 Å². The topological polar surface area (TPSA) is 68.0 Å². The number of para-hydroxylation sites is 1. The van der Waals surface area contributed by atoms with E-state index in [9.17, 15) is 9.90 Å². The highest BCUT2D eigenvalue weighted by Gasteiger charge is 2.20. The lowest BCUT2D eigenvalue weighted by Gasteiger charge is -2.06. The Morgan fingerprint density at radius 3 is 2.47 bits per heavy atom. The van der Waals surface area contributed by atoms with Crippen LogP contribution in [0.4, 0.5) is 0 Å². The smallest absolute Gasteiger partial charge is 0.198 e. The molecule has 0 spiro atoms. The molecule has 5 aromatic rings. The van der Waals surface area contributed by atoms with Gasteiger partial charge in [-0.1, -0.05) is 67.4 Å². The Bertz CT molecular complexity index is 1490. The molecule has 5 nitrogen and oxygen atoms in total. The van der Waals surface area contributed by atoms with Crippen molar-refractivity contribution in [3.8, 4) is 22.7 Å². The zero-order chi connectivity index (χ0) is 23.7. The minimum Gasteiger partial charge on any atom is -0.507 e. The number of rotatable bonds is 6. The van der Waals surface area contributed by atoms with Crippen molar-refractivity contribution in [2.75, 3.05) is 0 Å². The predicted molar refractivity (Wildman–Crippen MR) is 135 cm³/mol. The first kappa shape index (κ1) is 21.6. The van der Waals surface area contributed by atoms with Crippen LogP contribution < -0.4 is 0 Å². The molecule has 0 saturated carbocycles. The number of ketones is 1. The summed E-state index contributed by atoms with van der Waals surface area (Å²) in [5, 5.41) is 16.0. The second-order valence-corrected chi connectivity index (χ2v) is 8.49. The van der Waals surface area contributed by atoms with Crippen molar-refractivity contribution in [1.29, 1.82) is 0 Å². The van der Waals surface area contributed by atoms with E-state index in [1.165, 1.54) is 5.56 Å². The van der Waals surface area contributed by atoms with E-state index in [0.717, 1.165) is 40.7 Å². The molecule has 5 heteroatoms. The molecule has 0 aliphatic rings. The zero-order valence-electron chi connectivity index (χ0n) is 19.2. The number of carbonyl (C=O) groups excluding carboxylic acids is 1. The van der Waals surface area contributed by atoms with E-state index in [-0.39, 0.29) is 17.1 Å². The summed E-state index contributed by atoms with van der Waals surface area (Å²) >= 11 is 0. The summed E-state index contributed by atoms with van der Waals surface area (Å²) in [6.45, 7) is 4.06. The van der Waals surface area contributed by atoms with Gasteiger partial charge in [0.25, 0.3) is 0 Å². The summed E-state index contributed by atoms with van der Waals surface area (Å²) in [7, 11) is 0. The Labute approximate surface area is 198 Å². The summed E-state index contributed by atoms with van der Waals surface area (Å²) in [5.74, 6) is -0.310. The average molecular weight is 448 g/mol. The molecule has 3 aromatic carbocycles. The summed E-state index contributed by atoms with van der Waals surface area (Å²) in [6.07, 6.45) is 3.67. The fraction of sp³-hybridized carbons (Fsp3) is 0.138. The summed E-state index contributed by atoms with van der Waals surface area (Å²) in [4.78, 5) is 17.9. The Kier molecular flexibility index (Phi) is 5.68. The van der Waals surface area contributed by atoms with Crippen LogP contribution in [0.2, 0.25) is 0 Å². The van der Waals surface area contributed by atoms with Gasteiger partial charge in [0.15, 0.2) is 11.4 Å². The van der Waals surface area contributed by atoms with Crippen molar-refractivity contribution in [3.05, 3.63) is 107 Å². The molecule has 0 bridgehead atoms. The van der Waals surface area contributed by atoms with E-state index in [1.807, 2.05) is 48.0 Å². The molecule has 34 heavy (non-hydrogen) atoms. The molecule has 168 valence electrons. The van der Waals surface area contributed by atoms with Crippen molar-refractivity contribution < 1.29 is 9.90 Å². The normalized spacial score (nSPS) is 11.1. The average Bonchev–Trinajstić information content (AvgIpc) is 3.25. The number of phenols is 1. The quantitative estimate of drug-likeness (QED) is 0.311. The van der Waals surface area contributed by atoms with Gasteiger partial charge in [0.1, 0.15) is 11.4 Å². The van der Waals surface area contributed by atoms with Gasteiger partial charge in [0.2, 0.25) is 0 Å². The lowest BCUT2D eigenvalue weighted by Crippen LogP contribution is -2.04. The molecular weight excluding hydrogens is 422 g/mol. The van der Waals surface area contributed by atoms with Gasteiger partial charge in [-0.15, -0.1) is 0 Å². The Morgan fingerprint density at radius 2 is 1.74 bits per heavy atom. The second kappa shape index (κ2) is 8.94. The van der Waals surface area contributed by atoms with E-state index in [4.69, 9.17) is 5.10 Å². The SMILES string of the molecule is CCCc1ccc(-c2nn(-c3ccccc3)c3ncc(C(=O)c4cc(C)ccc4O)cc23)cc1. The van der Waals surface area contributed by atoms with E-state index < -0.39 is 0 Å². The van der Waals surface area contributed by atoms with E-state index in [2.05, 4.69) is 36.2 Å². The minimum atomic E-state index is -0.271. The molecule has 0 aliphatic carbocycles. The Morgan fingerprint density at radius 1 is 0.971 bits per heavy atom. The molecule has 0 atom stereocenters. The third-order valence-corrected chi connectivity index (χ3v) is 5.95. The molecular formula is C29H25N3O2.